The van der Waals surface area contributed by atoms with Crippen LogP contribution in [-0.2, 0) is 16.0 Å². The number of thiol groups is 1. The van der Waals surface area contributed by atoms with Crippen molar-refractivity contribution in [3.05, 3.63) is 59.2 Å². The Hall–Kier alpha value is -3.24. The molecule has 0 saturated heterocycles. The molecular weight excluding hydrogens is 432 g/mol. The number of rotatable bonds is 8. The first kappa shape index (κ1) is 23.4. The van der Waals surface area contributed by atoms with Crippen molar-refractivity contribution in [1.29, 1.82) is 0 Å². The zero-order valence-electron chi connectivity index (χ0n) is 17.3. The van der Waals surface area contributed by atoms with Crippen LogP contribution < -0.4 is 26.8 Å². The van der Waals surface area contributed by atoms with E-state index in [1.165, 1.54) is 12.1 Å². The highest BCUT2D eigenvalue weighted by molar-refractivity contribution is 7.80. The monoisotopic (exact) mass is 458 g/mol. The van der Waals surface area contributed by atoms with Crippen molar-refractivity contribution >= 4 is 30.4 Å². The number of carbonyl (C=O) groups is 3. The normalized spacial score (nSPS) is 16.8. The lowest BCUT2D eigenvalue weighted by Crippen LogP contribution is -2.46. The molecule has 2 aromatic rings. The molecule has 0 spiro atoms. The van der Waals surface area contributed by atoms with Gasteiger partial charge in [0, 0.05) is 24.2 Å². The number of aromatic hydroxyl groups is 1. The number of hydrogen-bond donors (Lipinski definition) is 6. The number of carbonyl (C=O) groups excluding carboxylic acids is 3. The Bertz CT molecular complexity index is 998. The highest BCUT2D eigenvalue weighted by atomic mass is 32.1. The highest BCUT2D eigenvalue weighted by Crippen LogP contribution is 2.35. The molecule has 0 bridgehead atoms. The molecule has 1 unspecified atom stereocenters. The molecule has 3 amide bonds. The van der Waals surface area contributed by atoms with Gasteiger partial charge in [0.25, 0.3) is 5.91 Å². The maximum atomic E-state index is 13.0. The number of nitrogens with two attached hydrogens (primary N) is 2. The first-order chi connectivity index (χ1) is 15.3. The van der Waals surface area contributed by atoms with E-state index >= 15 is 0 Å². The average Bonchev–Trinajstić information content (AvgIpc) is 2.79. The van der Waals surface area contributed by atoms with Gasteiger partial charge < -0.3 is 31.9 Å². The fourth-order valence-corrected chi connectivity index (χ4v) is 3.61. The predicted octanol–water partition coefficient (Wildman–Crippen LogP) is 0.415. The summed E-state index contributed by atoms with van der Waals surface area (Å²) < 4.78 is 5.75. The van der Waals surface area contributed by atoms with Gasteiger partial charge in [0.1, 0.15) is 17.5 Å². The number of phenolic OH excluding ortho intramolecular Hbond substituents is 1. The van der Waals surface area contributed by atoms with Gasteiger partial charge in [-0.2, -0.15) is 12.6 Å². The maximum absolute atomic E-state index is 13.0. The molecule has 1 aliphatic heterocycles. The van der Waals surface area contributed by atoms with Gasteiger partial charge in [-0.05, 0) is 23.8 Å². The molecule has 3 atom stereocenters. The number of para-hydroxylation sites is 1. The van der Waals surface area contributed by atoms with Gasteiger partial charge >= 0.3 is 0 Å². The molecule has 9 nitrogen and oxygen atoms in total. The van der Waals surface area contributed by atoms with Gasteiger partial charge in [0.05, 0.1) is 24.3 Å². The lowest BCUT2D eigenvalue weighted by Gasteiger charge is -2.29. The standard InChI is InChI=1S/C22H26N4O5S/c23-16(11-32)22(30)25-17-8-9-31-19-14(17)2-1-3-15(19)21(29)26-18(20(24)28)10-12-4-6-13(27)7-5-12/h1-7,16-18,27,32H,8-11,23H2,(H2,24,28)(H,25,30)(H,26,29)/t16-,17?,18-/m0/s1. The molecule has 0 aromatic heterocycles. The number of hydrogen-bond acceptors (Lipinski definition) is 7. The van der Waals surface area contributed by atoms with Gasteiger partial charge in [-0.25, -0.2) is 0 Å². The molecular formula is C22H26N4O5S. The molecule has 7 N–H and O–H groups in total. The van der Waals surface area contributed by atoms with E-state index < -0.39 is 23.9 Å². The summed E-state index contributed by atoms with van der Waals surface area (Å²) in [6.45, 7) is 0.297. The second-order valence-electron chi connectivity index (χ2n) is 7.51. The summed E-state index contributed by atoms with van der Waals surface area (Å²) in [7, 11) is 0. The Labute approximate surface area is 190 Å². The Morgan fingerprint density at radius 3 is 2.56 bits per heavy atom. The van der Waals surface area contributed by atoms with Crippen molar-refractivity contribution in [3.8, 4) is 11.5 Å². The molecule has 0 fully saturated rings. The van der Waals surface area contributed by atoms with Crippen molar-refractivity contribution < 1.29 is 24.2 Å². The first-order valence-electron chi connectivity index (χ1n) is 10.1. The Kier molecular flexibility index (Phi) is 7.60. The fraction of sp³-hybridized carbons (Fsp3) is 0.318. The average molecular weight is 459 g/mol. The van der Waals surface area contributed by atoms with Gasteiger partial charge in [0.15, 0.2) is 0 Å². The van der Waals surface area contributed by atoms with Crippen LogP contribution in [-0.4, -0.2) is 47.3 Å². The number of amides is 3. The molecule has 1 heterocycles. The van der Waals surface area contributed by atoms with Crippen LogP contribution in [0, 0.1) is 0 Å². The Morgan fingerprint density at radius 1 is 1.19 bits per heavy atom. The van der Waals surface area contributed by atoms with E-state index in [4.69, 9.17) is 16.2 Å². The molecule has 0 saturated carbocycles. The molecule has 170 valence electrons. The quantitative estimate of drug-likeness (QED) is 0.315. The minimum atomic E-state index is -0.963. The molecule has 2 aromatic carbocycles. The summed E-state index contributed by atoms with van der Waals surface area (Å²) >= 11 is 4.05. The summed E-state index contributed by atoms with van der Waals surface area (Å²) in [5, 5.41) is 14.9. The van der Waals surface area contributed by atoms with Gasteiger partial charge in [-0.3, -0.25) is 14.4 Å². The van der Waals surface area contributed by atoms with Crippen LogP contribution >= 0.6 is 12.6 Å². The second kappa shape index (κ2) is 10.4. The number of fused-ring (bicyclic) bond motifs is 1. The minimum absolute atomic E-state index is 0.0958. The summed E-state index contributed by atoms with van der Waals surface area (Å²) in [6.07, 6.45) is 0.686. The van der Waals surface area contributed by atoms with Crippen molar-refractivity contribution in [2.24, 2.45) is 11.5 Å². The fourth-order valence-electron chi connectivity index (χ4n) is 3.44. The third-order valence-corrected chi connectivity index (χ3v) is 5.59. The van der Waals surface area contributed by atoms with E-state index in [1.807, 2.05) is 0 Å². The predicted molar refractivity (Wildman–Crippen MR) is 122 cm³/mol. The Balaban J connectivity index is 1.79. The Morgan fingerprint density at radius 2 is 1.91 bits per heavy atom. The maximum Gasteiger partial charge on any atom is 0.255 e. The van der Waals surface area contributed by atoms with E-state index in [1.54, 1.807) is 30.3 Å². The lowest BCUT2D eigenvalue weighted by atomic mass is 9.96. The van der Waals surface area contributed by atoms with E-state index in [-0.39, 0.29) is 35.4 Å². The number of ether oxygens (including phenoxy) is 1. The number of nitrogens with one attached hydrogen (secondary N) is 2. The van der Waals surface area contributed by atoms with Crippen LogP contribution in [0.2, 0.25) is 0 Å². The third kappa shape index (κ3) is 5.51. The van der Waals surface area contributed by atoms with E-state index in [2.05, 4.69) is 23.3 Å². The summed E-state index contributed by atoms with van der Waals surface area (Å²) in [6, 6.07) is 9.23. The van der Waals surface area contributed by atoms with E-state index in [0.717, 1.165) is 5.56 Å². The van der Waals surface area contributed by atoms with Crippen LogP contribution in [0.3, 0.4) is 0 Å². The van der Waals surface area contributed by atoms with Crippen LogP contribution in [0.1, 0.15) is 33.9 Å². The SMILES string of the molecule is NC(=O)[C@H](Cc1ccc(O)cc1)NC(=O)c1cccc2c1OCCC2NC(=O)[C@@H](N)CS. The number of benzene rings is 2. The highest BCUT2D eigenvalue weighted by Gasteiger charge is 2.29. The van der Waals surface area contributed by atoms with Gasteiger partial charge in [0.2, 0.25) is 11.8 Å². The minimum Gasteiger partial charge on any atom is -0.508 e. The second-order valence-corrected chi connectivity index (χ2v) is 7.88. The van der Waals surface area contributed by atoms with Crippen LogP contribution in [0.5, 0.6) is 11.5 Å². The van der Waals surface area contributed by atoms with Crippen molar-refractivity contribution in [2.75, 3.05) is 12.4 Å². The summed E-state index contributed by atoms with van der Waals surface area (Å²) in [5.41, 5.74) is 12.8. The van der Waals surface area contributed by atoms with Crippen LogP contribution in [0.25, 0.3) is 0 Å². The van der Waals surface area contributed by atoms with Crippen LogP contribution in [0.15, 0.2) is 42.5 Å². The number of primary amides is 1. The first-order valence-corrected chi connectivity index (χ1v) is 10.7. The largest absolute Gasteiger partial charge is 0.508 e. The zero-order chi connectivity index (χ0) is 23.3. The molecule has 0 radical (unpaired) electrons. The van der Waals surface area contributed by atoms with Gasteiger partial charge in [-0.15, -0.1) is 0 Å². The zero-order valence-corrected chi connectivity index (χ0v) is 18.2. The smallest absolute Gasteiger partial charge is 0.255 e. The molecule has 3 rings (SSSR count). The van der Waals surface area contributed by atoms with Crippen molar-refractivity contribution in [3.63, 3.8) is 0 Å². The van der Waals surface area contributed by atoms with Crippen molar-refractivity contribution in [1.82, 2.24) is 10.6 Å². The molecule has 0 aliphatic carbocycles. The number of phenols is 1. The topological polar surface area (TPSA) is 157 Å². The van der Waals surface area contributed by atoms with E-state index in [9.17, 15) is 19.5 Å². The summed E-state index contributed by atoms with van der Waals surface area (Å²) in [4.78, 5) is 37.2. The summed E-state index contributed by atoms with van der Waals surface area (Å²) in [5.74, 6) is -0.908. The van der Waals surface area contributed by atoms with Crippen LogP contribution in [0.4, 0.5) is 0 Å². The molecule has 32 heavy (non-hydrogen) atoms. The van der Waals surface area contributed by atoms with E-state index in [0.29, 0.717) is 24.3 Å². The lowest BCUT2D eigenvalue weighted by molar-refractivity contribution is -0.123. The third-order valence-electron chi connectivity index (χ3n) is 5.19. The van der Waals surface area contributed by atoms with Crippen molar-refractivity contribution in [2.45, 2.75) is 31.0 Å². The molecule has 1 aliphatic rings. The van der Waals surface area contributed by atoms with Gasteiger partial charge in [-0.1, -0.05) is 24.3 Å². The molecule has 10 heteroatoms.